The fourth-order valence-electron chi connectivity index (χ4n) is 2.51. The van der Waals surface area contributed by atoms with Gasteiger partial charge in [-0.05, 0) is 37.2 Å². The van der Waals surface area contributed by atoms with Gasteiger partial charge in [0.15, 0.2) is 0 Å². The number of likely N-dealkylation sites (N-methyl/N-ethyl adjacent to an activating group) is 1. The zero-order valence-electron chi connectivity index (χ0n) is 12.4. The first kappa shape index (κ1) is 14.8. The summed E-state index contributed by atoms with van der Waals surface area (Å²) in [5.41, 5.74) is 8.46. The molecule has 1 heterocycles. The Kier molecular flexibility index (Phi) is 4.98. The molecule has 1 aromatic carbocycles. The second-order valence-electron chi connectivity index (χ2n) is 5.17. The van der Waals surface area contributed by atoms with Crippen LogP contribution in [0.15, 0.2) is 18.2 Å². The number of piperazine rings is 1. The number of nitrogens with one attached hydrogen (secondary N) is 1. The minimum Gasteiger partial charge on any atom is -0.369 e. The number of hydrogen-bond donors (Lipinski definition) is 2. The maximum Gasteiger partial charge on any atom is 0.238 e. The maximum atomic E-state index is 11.3. The fraction of sp³-hybridized carbons (Fsp3) is 0.533. The van der Waals surface area contributed by atoms with Gasteiger partial charge in [0.1, 0.15) is 0 Å². The first-order chi connectivity index (χ1) is 9.63. The van der Waals surface area contributed by atoms with Crippen molar-refractivity contribution >= 4 is 17.3 Å². The van der Waals surface area contributed by atoms with E-state index in [-0.39, 0.29) is 12.5 Å². The average Bonchev–Trinajstić information content (AvgIpc) is 2.49. The van der Waals surface area contributed by atoms with Crippen molar-refractivity contribution in [3.05, 3.63) is 23.8 Å². The second kappa shape index (κ2) is 6.72. The topological polar surface area (TPSA) is 61.6 Å². The normalized spacial score (nSPS) is 16.2. The standard InChI is InChI=1S/C15H24N4O/c1-3-18-6-8-19(9-7-18)13-4-5-14(12(2)10-13)17-15(20)11-16/h4-5,10H,3,6-9,11,16H2,1-2H3,(H,17,20). The quantitative estimate of drug-likeness (QED) is 0.862. The van der Waals surface area contributed by atoms with Crippen LogP contribution in [0.1, 0.15) is 12.5 Å². The number of benzene rings is 1. The molecule has 2 rings (SSSR count). The molecule has 1 aliphatic heterocycles. The molecule has 0 atom stereocenters. The van der Waals surface area contributed by atoms with Crippen molar-refractivity contribution in [2.75, 3.05) is 49.5 Å². The zero-order valence-corrected chi connectivity index (χ0v) is 12.4. The van der Waals surface area contributed by atoms with Crippen LogP contribution in [0.4, 0.5) is 11.4 Å². The molecular formula is C15H24N4O. The largest absolute Gasteiger partial charge is 0.369 e. The smallest absolute Gasteiger partial charge is 0.238 e. The monoisotopic (exact) mass is 276 g/mol. The highest BCUT2D eigenvalue weighted by Gasteiger charge is 2.16. The summed E-state index contributed by atoms with van der Waals surface area (Å²) < 4.78 is 0. The number of anilines is 2. The van der Waals surface area contributed by atoms with E-state index < -0.39 is 0 Å². The predicted octanol–water partition coefficient (Wildman–Crippen LogP) is 1.03. The Bertz CT molecular complexity index is 467. The van der Waals surface area contributed by atoms with E-state index in [1.165, 1.54) is 5.69 Å². The lowest BCUT2D eigenvalue weighted by Crippen LogP contribution is -2.46. The van der Waals surface area contributed by atoms with Crippen molar-refractivity contribution in [1.29, 1.82) is 0 Å². The molecule has 5 heteroatoms. The van der Waals surface area contributed by atoms with Crippen molar-refractivity contribution < 1.29 is 4.79 Å². The highest BCUT2D eigenvalue weighted by molar-refractivity contribution is 5.93. The fourth-order valence-corrected chi connectivity index (χ4v) is 2.51. The molecule has 0 spiro atoms. The Morgan fingerprint density at radius 2 is 2.00 bits per heavy atom. The summed E-state index contributed by atoms with van der Waals surface area (Å²) in [7, 11) is 0. The molecule has 0 unspecified atom stereocenters. The number of carbonyl (C=O) groups excluding carboxylic acids is 1. The Hall–Kier alpha value is -1.59. The number of nitrogens with two attached hydrogens (primary N) is 1. The number of amides is 1. The van der Waals surface area contributed by atoms with Crippen LogP contribution in [-0.2, 0) is 4.79 Å². The molecule has 1 aliphatic rings. The molecule has 1 saturated heterocycles. The van der Waals surface area contributed by atoms with Gasteiger partial charge < -0.3 is 20.9 Å². The third-order valence-corrected chi connectivity index (χ3v) is 3.85. The average molecular weight is 276 g/mol. The van der Waals surface area contributed by atoms with Crippen LogP contribution in [0, 0.1) is 6.92 Å². The molecule has 0 saturated carbocycles. The van der Waals surface area contributed by atoms with E-state index in [1.807, 2.05) is 13.0 Å². The summed E-state index contributed by atoms with van der Waals surface area (Å²) in [6, 6.07) is 6.17. The zero-order chi connectivity index (χ0) is 14.5. The van der Waals surface area contributed by atoms with Crippen molar-refractivity contribution in [2.24, 2.45) is 5.73 Å². The van der Waals surface area contributed by atoms with Crippen LogP contribution in [0.3, 0.4) is 0 Å². The van der Waals surface area contributed by atoms with Gasteiger partial charge in [0.25, 0.3) is 0 Å². The van der Waals surface area contributed by atoms with Gasteiger partial charge in [-0.1, -0.05) is 6.92 Å². The van der Waals surface area contributed by atoms with Crippen LogP contribution < -0.4 is 16.0 Å². The molecule has 0 aromatic heterocycles. The van der Waals surface area contributed by atoms with Gasteiger partial charge in [-0.2, -0.15) is 0 Å². The molecule has 0 aliphatic carbocycles. The minimum atomic E-state index is -0.155. The Labute approximate surface area is 120 Å². The molecule has 0 radical (unpaired) electrons. The van der Waals surface area contributed by atoms with Crippen LogP contribution in [-0.4, -0.2) is 50.1 Å². The number of hydrogen-bond acceptors (Lipinski definition) is 4. The van der Waals surface area contributed by atoms with E-state index >= 15 is 0 Å². The Morgan fingerprint density at radius 3 is 2.55 bits per heavy atom. The van der Waals surface area contributed by atoms with Gasteiger partial charge >= 0.3 is 0 Å². The van der Waals surface area contributed by atoms with Crippen LogP contribution in [0.5, 0.6) is 0 Å². The molecule has 110 valence electrons. The lowest BCUT2D eigenvalue weighted by Gasteiger charge is -2.35. The third-order valence-electron chi connectivity index (χ3n) is 3.85. The third kappa shape index (κ3) is 3.49. The van der Waals surface area contributed by atoms with Crippen molar-refractivity contribution in [3.63, 3.8) is 0 Å². The summed E-state index contributed by atoms with van der Waals surface area (Å²) in [6.07, 6.45) is 0. The Balaban J connectivity index is 2.04. The van der Waals surface area contributed by atoms with Gasteiger partial charge in [-0.15, -0.1) is 0 Å². The molecule has 5 nitrogen and oxygen atoms in total. The maximum absolute atomic E-state index is 11.3. The predicted molar refractivity (Wildman–Crippen MR) is 83.2 cm³/mol. The molecule has 1 fully saturated rings. The van der Waals surface area contributed by atoms with E-state index in [9.17, 15) is 4.79 Å². The number of carbonyl (C=O) groups is 1. The number of nitrogens with zero attached hydrogens (tertiary/aromatic N) is 2. The van der Waals surface area contributed by atoms with Gasteiger partial charge in [-0.25, -0.2) is 0 Å². The Morgan fingerprint density at radius 1 is 1.30 bits per heavy atom. The first-order valence-electron chi connectivity index (χ1n) is 7.22. The van der Waals surface area contributed by atoms with Crippen molar-refractivity contribution in [1.82, 2.24) is 4.90 Å². The highest BCUT2D eigenvalue weighted by Crippen LogP contribution is 2.23. The minimum absolute atomic E-state index is 0.0141. The molecule has 0 bridgehead atoms. The highest BCUT2D eigenvalue weighted by atomic mass is 16.1. The van der Waals surface area contributed by atoms with E-state index in [0.717, 1.165) is 44.0 Å². The molecule has 20 heavy (non-hydrogen) atoms. The number of aryl methyl sites for hydroxylation is 1. The van der Waals surface area contributed by atoms with Gasteiger partial charge in [0, 0.05) is 37.6 Å². The van der Waals surface area contributed by atoms with E-state index in [4.69, 9.17) is 5.73 Å². The molecule has 1 aromatic rings. The van der Waals surface area contributed by atoms with Crippen molar-refractivity contribution in [3.8, 4) is 0 Å². The van der Waals surface area contributed by atoms with Gasteiger partial charge in [0.2, 0.25) is 5.91 Å². The van der Waals surface area contributed by atoms with Crippen LogP contribution in [0.2, 0.25) is 0 Å². The summed E-state index contributed by atoms with van der Waals surface area (Å²) in [6.45, 7) is 9.69. The van der Waals surface area contributed by atoms with Gasteiger partial charge in [-0.3, -0.25) is 4.79 Å². The summed E-state index contributed by atoms with van der Waals surface area (Å²) in [4.78, 5) is 16.2. The number of rotatable bonds is 4. The summed E-state index contributed by atoms with van der Waals surface area (Å²) in [5.74, 6) is -0.155. The lowest BCUT2D eigenvalue weighted by atomic mass is 10.1. The lowest BCUT2D eigenvalue weighted by molar-refractivity contribution is -0.114. The second-order valence-corrected chi connectivity index (χ2v) is 5.17. The first-order valence-corrected chi connectivity index (χ1v) is 7.22. The SMILES string of the molecule is CCN1CCN(c2ccc(NC(=O)CN)c(C)c2)CC1. The van der Waals surface area contributed by atoms with Crippen LogP contribution in [0.25, 0.3) is 0 Å². The molecular weight excluding hydrogens is 252 g/mol. The summed E-state index contributed by atoms with van der Waals surface area (Å²) in [5, 5.41) is 2.82. The van der Waals surface area contributed by atoms with E-state index in [1.54, 1.807) is 0 Å². The molecule has 3 N–H and O–H groups in total. The molecule has 1 amide bonds. The van der Waals surface area contributed by atoms with Gasteiger partial charge in [0.05, 0.1) is 6.54 Å². The van der Waals surface area contributed by atoms with E-state index in [0.29, 0.717) is 0 Å². The van der Waals surface area contributed by atoms with E-state index in [2.05, 4.69) is 34.2 Å². The van der Waals surface area contributed by atoms with Crippen molar-refractivity contribution in [2.45, 2.75) is 13.8 Å². The van der Waals surface area contributed by atoms with Crippen LogP contribution >= 0.6 is 0 Å². The summed E-state index contributed by atoms with van der Waals surface area (Å²) >= 11 is 0.